The molecule has 0 unspecified atom stereocenters. The molecule has 0 atom stereocenters. The van der Waals surface area contributed by atoms with Crippen LogP contribution in [0.3, 0.4) is 0 Å². The highest BCUT2D eigenvalue weighted by molar-refractivity contribution is 5.88. The molecule has 1 aromatic carbocycles. The van der Waals surface area contributed by atoms with Gasteiger partial charge in [0.15, 0.2) is 0 Å². The van der Waals surface area contributed by atoms with Gasteiger partial charge in [0.2, 0.25) is 0 Å². The zero-order valence-electron chi connectivity index (χ0n) is 10.9. The summed E-state index contributed by atoms with van der Waals surface area (Å²) in [6.07, 6.45) is 5.86. The standard InChI is InChI=1S/C14H22N2O2/c1-2-3-4-5-9-12-18-16-14(17)15-13-10-7-6-8-11-13/h6-8,10-11H,2-5,9,12H2,1H3,(H2,15,16,17). The molecule has 0 saturated carbocycles. The molecular formula is C14H22N2O2. The second kappa shape index (κ2) is 9.48. The summed E-state index contributed by atoms with van der Waals surface area (Å²) in [7, 11) is 0. The molecule has 0 spiro atoms. The summed E-state index contributed by atoms with van der Waals surface area (Å²) in [5.74, 6) is 0. The Balaban J connectivity index is 2.00. The van der Waals surface area contributed by atoms with Gasteiger partial charge in [0.25, 0.3) is 0 Å². The van der Waals surface area contributed by atoms with E-state index in [1.165, 1.54) is 19.3 Å². The average Bonchev–Trinajstić information content (AvgIpc) is 2.39. The predicted octanol–water partition coefficient (Wildman–Crippen LogP) is 3.71. The Hall–Kier alpha value is -1.55. The Bertz CT molecular complexity index is 328. The Labute approximate surface area is 109 Å². The normalized spacial score (nSPS) is 10.1. The number of carbonyl (C=O) groups is 1. The molecule has 0 aliphatic heterocycles. The predicted molar refractivity (Wildman–Crippen MR) is 73.3 cm³/mol. The van der Waals surface area contributed by atoms with E-state index in [0.29, 0.717) is 6.61 Å². The fourth-order valence-corrected chi connectivity index (χ4v) is 1.57. The van der Waals surface area contributed by atoms with Crippen molar-refractivity contribution in [3.8, 4) is 0 Å². The lowest BCUT2D eigenvalue weighted by Gasteiger charge is -2.07. The highest BCUT2D eigenvalue weighted by atomic mass is 16.7. The molecule has 0 fully saturated rings. The van der Waals surface area contributed by atoms with Crippen molar-refractivity contribution < 1.29 is 9.63 Å². The minimum absolute atomic E-state index is 0.338. The first kappa shape index (κ1) is 14.5. The van der Waals surface area contributed by atoms with Gasteiger partial charge in [-0.1, -0.05) is 50.8 Å². The van der Waals surface area contributed by atoms with Gasteiger partial charge in [-0.3, -0.25) is 4.84 Å². The molecule has 0 aromatic heterocycles. The van der Waals surface area contributed by atoms with E-state index in [0.717, 1.165) is 18.5 Å². The van der Waals surface area contributed by atoms with E-state index in [1.54, 1.807) is 0 Å². The van der Waals surface area contributed by atoms with Crippen LogP contribution in [0.4, 0.5) is 10.5 Å². The van der Waals surface area contributed by atoms with E-state index in [4.69, 9.17) is 4.84 Å². The van der Waals surface area contributed by atoms with E-state index in [2.05, 4.69) is 17.7 Å². The van der Waals surface area contributed by atoms with E-state index in [1.807, 2.05) is 30.3 Å². The first-order valence-corrected chi connectivity index (χ1v) is 6.56. The number of hydrogen-bond acceptors (Lipinski definition) is 2. The molecule has 2 amide bonds. The van der Waals surface area contributed by atoms with Crippen LogP contribution >= 0.6 is 0 Å². The Morgan fingerprint density at radius 3 is 2.56 bits per heavy atom. The van der Waals surface area contributed by atoms with Gasteiger partial charge >= 0.3 is 6.03 Å². The van der Waals surface area contributed by atoms with Crippen LogP contribution in [0.5, 0.6) is 0 Å². The summed E-state index contributed by atoms with van der Waals surface area (Å²) < 4.78 is 0. The molecule has 2 N–H and O–H groups in total. The molecule has 4 nitrogen and oxygen atoms in total. The number of hydroxylamine groups is 1. The minimum atomic E-state index is -0.338. The molecule has 1 rings (SSSR count). The first-order chi connectivity index (χ1) is 8.83. The molecule has 0 saturated heterocycles. The number of unbranched alkanes of at least 4 members (excludes halogenated alkanes) is 4. The molecular weight excluding hydrogens is 228 g/mol. The Kier molecular flexibility index (Phi) is 7.64. The van der Waals surface area contributed by atoms with E-state index in [9.17, 15) is 4.79 Å². The molecule has 0 aliphatic rings. The van der Waals surface area contributed by atoms with Gasteiger partial charge in [-0.25, -0.2) is 10.3 Å². The van der Waals surface area contributed by atoms with Gasteiger partial charge in [0.05, 0.1) is 6.61 Å². The van der Waals surface area contributed by atoms with Crippen LogP contribution in [0.15, 0.2) is 30.3 Å². The van der Waals surface area contributed by atoms with Crippen LogP contribution in [-0.4, -0.2) is 12.6 Å². The van der Waals surface area contributed by atoms with E-state index in [-0.39, 0.29) is 6.03 Å². The molecule has 100 valence electrons. The van der Waals surface area contributed by atoms with Gasteiger partial charge in [-0.05, 0) is 18.6 Å². The largest absolute Gasteiger partial charge is 0.343 e. The smallest absolute Gasteiger partial charge is 0.306 e. The third kappa shape index (κ3) is 6.91. The lowest BCUT2D eigenvalue weighted by Crippen LogP contribution is -2.29. The SMILES string of the molecule is CCCCCCCONC(=O)Nc1ccccc1. The summed E-state index contributed by atoms with van der Waals surface area (Å²) in [4.78, 5) is 16.5. The monoisotopic (exact) mass is 250 g/mol. The third-order valence-corrected chi connectivity index (χ3v) is 2.55. The summed E-state index contributed by atoms with van der Waals surface area (Å²) >= 11 is 0. The number of benzene rings is 1. The summed E-state index contributed by atoms with van der Waals surface area (Å²) in [6, 6.07) is 8.94. The fraction of sp³-hybridized carbons (Fsp3) is 0.500. The van der Waals surface area contributed by atoms with Crippen LogP contribution in [-0.2, 0) is 4.84 Å². The van der Waals surface area contributed by atoms with Gasteiger partial charge in [0, 0.05) is 5.69 Å². The van der Waals surface area contributed by atoms with Gasteiger partial charge in [0.1, 0.15) is 0 Å². The number of urea groups is 1. The maximum absolute atomic E-state index is 11.4. The summed E-state index contributed by atoms with van der Waals surface area (Å²) in [5, 5.41) is 2.68. The summed E-state index contributed by atoms with van der Waals surface area (Å²) in [6.45, 7) is 2.75. The van der Waals surface area contributed by atoms with Crippen molar-refractivity contribution in [2.75, 3.05) is 11.9 Å². The van der Waals surface area contributed by atoms with E-state index < -0.39 is 0 Å². The van der Waals surface area contributed by atoms with Crippen molar-refractivity contribution in [3.05, 3.63) is 30.3 Å². The molecule has 18 heavy (non-hydrogen) atoms. The highest BCUT2D eigenvalue weighted by Crippen LogP contribution is 2.04. The van der Waals surface area contributed by atoms with Gasteiger partial charge < -0.3 is 5.32 Å². The second-order valence-electron chi connectivity index (χ2n) is 4.18. The zero-order chi connectivity index (χ0) is 13.1. The lowest BCUT2D eigenvalue weighted by atomic mass is 10.2. The average molecular weight is 250 g/mol. The van der Waals surface area contributed by atoms with Crippen molar-refractivity contribution in [2.45, 2.75) is 39.0 Å². The van der Waals surface area contributed by atoms with Crippen LogP contribution in [0.1, 0.15) is 39.0 Å². The first-order valence-electron chi connectivity index (χ1n) is 6.56. The van der Waals surface area contributed by atoms with Crippen molar-refractivity contribution >= 4 is 11.7 Å². The van der Waals surface area contributed by atoms with Crippen molar-refractivity contribution in [1.29, 1.82) is 0 Å². The number of anilines is 1. The summed E-state index contributed by atoms with van der Waals surface area (Å²) in [5.41, 5.74) is 3.12. The number of hydrogen-bond donors (Lipinski definition) is 2. The molecule has 0 radical (unpaired) electrons. The number of rotatable bonds is 8. The van der Waals surface area contributed by atoms with Crippen molar-refractivity contribution in [2.24, 2.45) is 0 Å². The fourth-order valence-electron chi connectivity index (χ4n) is 1.57. The second-order valence-corrected chi connectivity index (χ2v) is 4.18. The number of carbonyl (C=O) groups excluding carboxylic acids is 1. The Morgan fingerprint density at radius 1 is 1.11 bits per heavy atom. The number of amides is 2. The molecule has 0 aliphatic carbocycles. The molecule has 0 heterocycles. The van der Waals surface area contributed by atoms with Crippen LogP contribution < -0.4 is 10.8 Å². The number of nitrogens with one attached hydrogen (secondary N) is 2. The van der Waals surface area contributed by atoms with Crippen LogP contribution in [0.25, 0.3) is 0 Å². The Morgan fingerprint density at radius 2 is 1.83 bits per heavy atom. The topological polar surface area (TPSA) is 50.4 Å². The zero-order valence-corrected chi connectivity index (χ0v) is 10.9. The third-order valence-electron chi connectivity index (χ3n) is 2.55. The molecule has 1 aromatic rings. The maximum Gasteiger partial charge on any atom is 0.343 e. The molecule has 4 heteroatoms. The maximum atomic E-state index is 11.4. The van der Waals surface area contributed by atoms with Crippen LogP contribution in [0, 0.1) is 0 Å². The van der Waals surface area contributed by atoms with Gasteiger partial charge in [-0.15, -0.1) is 0 Å². The quantitative estimate of drug-likeness (QED) is 0.546. The van der Waals surface area contributed by atoms with Crippen molar-refractivity contribution in [3.63, 3.8) is 0 Å². The minimum Gasteiger partial charge on any atom is -0.306 e. The van der Waals surface area contributed by atoms with Crippen molar-refractivity contribution in [1.82, 2.24) is 5.48 Å². The molecule has 0 bridgehead atoms. The van der Waals surface area contributed by atoms with Gasteiger partial charge in [-0.2, -0.15) is 0 Å². The van der Waals surface area contributed by atoms with E-state index >= 15 is 0 Å². The van der Waals surface area contributed by atoms with Crippen LogP contribution in [0.2, 0.25) is 0 Å². The highest BCUT2D eigenvalue weighted by Gasteiger charge is 1.99. The number of para-hydroxylation sites is 1. The lowest BCUT2D eigenvalue weighted by molar-refractivity contribution is 0.0631.